The Labute approximate surface area is 169 Å². The van der Waals surface area contributed by atoms with E-state index in [0.717, 1.165) is 23.3 Å². The first kappa shape index (κ1) is 19.9. The number of hydrogen-bond donors (Lipinski definition) is 1. The lowest BCUT2D eigenvalue weighted by molar-refractivity contribution is -0.118. The van der Waals surface area contributed by atoms with Crippen molar-refractivity contribution >= 4 is 29.1 Å². The van der Waals surface area contributed by atoms with Crippen LogP contribution in [0.2, 0.25) is 0 Å². The molecule has 1 saturated heterocycles. The lowest BCUT2D eigenvalue weighted by Gasteiger charge is -2.06. The van der Waals surface area contributed by atoms with Gasteiger partial charge in [-0.3, -0.25) is 4.79 Å². The Morgan fingerprint density at radius 3 is 2.54 bits per heavy atom. The molecule has 0 bridgehead atoms. The van der Waals surface area contributed by atoms with Crippen molar-refractivity contribution in [2.45, 2.75) is 25.0 Å². The Morgan fingerprint density at radius 2 is 1.86 bits per heavy atom. The van der Waals surface area contributed by atoms with E-state index in [4.69, 9.17) is 4.74 Å². The zero-order valence-electron chi connectivity index (χ0n) is 15.8. The summed E-state index contributed by atoms with van der Waals surface area (Å²) in [5, 5.41) is 11.4. The van der Waals surface area contributed by atoms with Crippen LogP contribution in [-0.2, 0) is 17.6 Å². The molecule has 2 aromatic carbocycles. The molecule has 0 radical (unpaired) electrons. The normalized spacial score (nSPS) is 17.8. The van der Waals surface area contributed by atoms with Crippen LogP contribution in [0.1, 0.15) is 23.6 Å². The number of ether oxygens (including phenoxy) is 1. The van der Waals surface area contributed by atoms with Crippen molar-refractivity contribution in [3.63, 3.8) is 0 Å². The number of hydrogen-bond acceptors (Lipinski definition) is 5. The van der Waals surface area contributed by atoms with Gasteiger partial charge < -0.3 is 10.1 Å². The van der Waals surface area contributed by atoms with Crippen molar-refractivity contribution in [2.24, 2.45) is 10.2 Å². The summed E-state index contributed by atoms with van der Waals surface area (Å²) in [7, 11) is 0. The van der Waals surface area contributed by atoms with E-state index < -0.39 is 0 Å². The van der Waals surface area contributed by atoms with Crippen molar-refractivity contribution in [2.75, 3.05) is 6.61 Å². The third-order valence-electron chi connectivity index (χ3n) is 4.23. The number of aryl methyl sites for hydroxylation is 1. The molecule has 1 N–H and O–H groups in total. The number of carbonyl (C=O) groups excluding carboxylic acids is 1. The van der Waals surface area contributed by atoms with Gasteiger partial charge in [0, 0.05) is 0 Å². The van der Waals surface area contributed by atoms with E-state index in [1.54, 1.807) is 12.3 Å². The molecule has 0 aliphatic carbocycles. The lowest BCUT2D eigenvalue weighted by Crippen LogP contribution is -2.25. The third-order valence-corrected chi connectivity index (χ3v) is 5.30. The molecule has 0 saturated carbocycles. The molecule has 1 amide bonds. The summed E-state index contributed by atoms with van der Waals surface area (Å²) in [5.41, 5.74) is 3.34. The van der Waals surface area contributed by atoms with Gasteiger partial charge in [-0.05, 0) is 53.8 Å². The van der Waals surface area contributed by atoms with Crippen LogP contribution in [0, 0.1) is 0 Å². The molecule has 5 nitrogen and oxygen atoms in total. The molecule has 0 aromatic heterocycles. The van der Waals surface area contributed by atoms with Gasteiger partial charge in [-0.2, -0.15) is 5.10 Å². The average Bonchev–Trinajstić information content (AvgIpc) is 3.07. The van der Waals surface area contributed by atoms with Crippen LogP contribution in [0.4, 0.5) is 0 Å². The largest absolute Gasteiger partial charge is 0.490 e. The van der Waals surface area contributed by atoms with Crippen LogP contribution in [-0.4, -0.2) is 29.1 Å². The van der Waals surface area contributed by atoms with Crippen LogP contribution in [0.15, 0.2) is 71.4 Å². The second-order valence-corrected chi connectivity index (χ2v) is 7.48. The van der Waals surface area contributed by atoms with Crippen molar-refractivity contribution in [1.82, 2.24) is 5.32 Å². The highest BCUT2D eigenvalue weighted by Crippen LogP contribution is 2.23. The van der Waals surface area contributed by atoms with E-state index in [2.05, 4.69) is 53.3 Å². The number of carbonyl (C=O) groups is 1. The van der Waals surface area contributed by atoms with E-state index in [0.29, 0.717) is 18.2 Å². The van der Waals surface area contributed by atoms with Crippen LogP contribution in [0.3, 0.4) is 0 Å². The quantitative estimate of drug-likeness (QED) is 0.419. The number of amidine groups is 1. The van der Waals surface area contributed by atoms with Gasteiger partial charge >= 0.3 is 0 Å². The average molecular weight is 394 g/mol. The van der Waals surface area contributed by atoms with E-state index in [1.807, 2.05) is 24.3 Å². The second-order valence-electron chi connectivity index (χ2n) is 6.29. The highest BCUT2D eigenvalue weighted by molar-refractivity contribution is 8.15. The fraction of sp³-hybridized carbons (Fsp3) is 0.227. The van der Waals surface area contributed by atoms with E-state index in [9.17, 15) is 4.79 Å². The van der Waals surface area contributed by atoms with Gasteiger partial charge in [0.1, 0.15) is 12.4 Å². The Balaban J connectivity index is 1.55. The molecule has 2 aromatic rings. The SMILES string of the molecule is C=CCOc1ccc(C=NN=C2NC(=O)C(Cc3ccc(CC)cc3)S2)cc1. The summed E-state index contributed by atoms with van der Waals surface area (Å²) in [5.74, 6) is 0.749. The fourth-order valence-electron chi connectivity index (χ4n) is 2.66. The lowest BCUT2D eigenvalue weighted by atomic mass is 10.1. The minimum atomic E-state index is -0.178. The molecule has 6 heteroatoms. The summed E-state index contributed by atoms with van der Waals surface area (Å²) in [4.78, 5) is 12.2. The van der Waals surface area contributed by atoms with Gasteiger partial charge in [0.2, 0.25) is 5.91 Å². The van der Waals surface area contributed by atoms with Gasteiger partial charge in [-0.15, -0.1) is 5.10 Å². The maximum Gasteiger partial charge on any atom is 0.239 e. The van der Waals surface area contributed by atoms with Crippen LogP contribution in [0.25, 0.3) is 0 Å². The number of thioether (sulfide) groups is 1. The van der Waals surface area contributed by atoms with Crippen LogP contribution < -0.4 is 10.1 Å². The Morgan fingerprint density at radius 1 is 1.14 bits per heavy atom. The molecule has 1 atom stereocenters. The summed E-state index contributed by atoms with van der Waals surface area (Å²) < 4.78 is 5.44. The molecule has 28 heavy (non-hydrogen) atoms. The topological polar surface area (TPSA) is 63.1 Å². The van der Waals surface area contributed by atoms with Crippen LogP contribution in [0.5, 0.6) is 5.75 Å². The number of amides is 1. The smallest absolute Gasteiger partial charge is 0.239 e. The summed E-state index contributed by atoms with van der Waals surface area (Å²) in [6, 6.07) is 15.9. The zero-order valence-corrected chi connectivity index (χ0v) is 16.6. The van der Waals surface area contributed by atoms with E-state index >= 15 is 0 Å². The molecule has 1 unspecified atom stereocenters. The van der Waals surface area contributed by atoms with Crippen molar-refractivity contribution in [3.8, 4) is 5.75 Å². The first-order valence-corrected chi connectivity index (χ1v) is 10.1. The highest BCUT2D eigenvalue weighted by Gasteiger charge is 2.30. The van der Waals surface area contributed by atoms with Gasteiger partial charge in [-0.25, -0.2) is 0 Å². The van der Waals surface area contributed by atoms with E-state index in [1.165, 1.54) is 17.3 Å². The van der Waals surface area contributed by atoms with E-state index in [-0.39, 0.29) is 11.2 Å². The van der Waals surface area contributed by atoms with Gasteiger partial charge in [0.15, 0.2) is 5.17 Å². The van der Waals surface area contributed by atoms with Gasteiger partial charge in [0.05, 0.1) is 11.5 Å². The van der Waals surface area contributed by atoms with Gasteiger partial charge in [-0.1, -0.05) is 55.6 Å². The second kappa shape index (κ2) is 9.90. The standard InChI is InChI=1S/C22H23N3O2S/c1-3-13-27-19-11-9-18(10-12-19)15-23-25-22-24-21(26)20(28-22)14-17-7-5-16(4-2)6-8-17/h3,5-12,15,20H,1,4,13-14H2,2H3,(H,24,25,26). The van der Waals surface area contributed by atoms with Crippen LogP contribution >= 0.6 is 11.8 Å². The molecule has 0 spiro atoms. The Kier molecular flexibility index (Phi) is 7.03. The molecule has 1 aliphatic rings. The molecule has 144 valence electrons. The predicted octanol–water partition coefficient (Wildman–Crippen LogP) is 3.98. The predicted molar refractivity (Wildman–Crippen MR) is 116 cm³/mol. The minimum Gasteiger partial charge on any atom is -0.490 e. The number of nitrogens with zero attached hydrogens (tertiary/aromatic N) is 2. The summed E-state index contributed by atoms with van der Waals surface area (Å²) in [6.45, 7) is 6.22. The first-order chi connectivity index (χ1) is 13.7. The highest BCUT2D eigenvalue weighted by atomic mass is 32.2. The Bertz CT molecular complexity index is 874. The maximum atomic E-state index is 12.2. The van der Waals surface area contributed by atoms with Gasteiger partial charge in [0.25, 0.3) is 0 Å². The van der Waals surface area contributed by atoms with Crippen molar-refractivity contribution in [3.05, 3.63) is 77.9 Å². The van der Waals surface area contributed by atoms with Crippen molar-refractivity contribution in [1.29, 1.82) is 0 Å². The minimum absolute atomic E-state index is 0.0257. The number of rotatable bonds is 8. The third kappa shape index (κ3) is 5.57. The molecule has 1 aliphatic heterocycles. The molecule has 1 fully saturated rings. The molecular formula is C22H23N3O2S. The molecule has 1 heterocycles. The zero-order chi connectivity index (χ0) is 19.8. The first-order valence-electron chi connectivity index (χ1n) is 9.18. The van der Waals surface area contributed by atoms with Crippen molar-refractivity contribution < 1.29 is 9.53 Å². The fourth-order valence-corrected chi connectivity index (χ4v) is 3.63. The Hall–Kier alpha value is -2.86. The molecular weight excluding hydrogens is 370 g/mol. The monoisotopic (exact) mass is 393 g/mol. The number of nitrogens with one attached hydrogen (secondary N) is 1. The maximum absolute atomic E-state index is 12.2. The summed E-state index contributed by atoms with van der Waals surface area (Å²) >= 11 is 1.42. The number of benzene rings is 2. The molecule has 3 rings (SSSR count). The summed E-state index contributed by atoms with van der Waals surface area (Å²) in [6.07, 6.45) is 5.04.